The number of halogens is 2. The fourth-order valence-electron chi connectivity index (χ4n) is 2.41. The van der Waals surface area contributed by atoms with E-state index in [2.05, 4.69) is 0 Å². The Morgan fingerprint density at radius 2 is 2.05 bits per heavy atom. The number of hydrogen-bond donors (Lipinski definition) is 1. The van der Waals surface area contributed by atoms with Crippen molar-refractivity contribution >= 4 is 34.0 Å². The van der Waals surface area contributed by atoms with Gasteiger partial charge in [-0.3, -0.25) is 0 Å². The standard InChI is InChI=1S/C14H21ClN2O2S.ClH/c1-10(2)11-5-6-13(15)14(8-11)20(18,19)17-7-3-4-12(16)9-17;/h5-6,8,10,12H,3-4,7,9,16H2,1-2H3;1H/t12-;/m1./s1. The van der Waals surface area contributed by atoms with Gasteiger partial charge in [-0.1, -0.05) is 31.5 Å². The van der Waals surface area contributed by atoms with Crippen LogP contribution in [0.5, 0.6) is 0 Å². The molecule has 4 nitrogen and oxygen atoms in total. The van der Waals surface area contributed by atoms with Crippen molar-refractivity contribution < 1.29 is 8.42 Å². The van der Waals surface area contributed by atoms with Crippen molar-refractivity contribution in [1.29, 1.82) is 0 Å². The lowest BCUT2D eigenvalue weighted by Gasteiger charge is -2.30. The first-order chi connectivity index (χ1) is 9.32. The highest BCUT2D eigenvalue weighted by atomic mass is 35.5. The largest absolute Gasteiger partial charge is 0.327 e. The Hall–Kier alpha value is -0.330. The molecule has 0 aromatic heterocycles. The summed E-state index contributed by atoms with van der Waals surface area (Å²) in [5.74, 6) is 0.254. The number of hydrogen-bond acceptors (Lipinski definition) is 3. The summed E-state index contributed by atoms with van der Waals surface area (Å²) in [5.41, 5.74) is 6.84. The fourth-order valence-corrected chi connectivity index (χ4v) is 4.45. The summed E-state index contributed by atoms with van der Waals surface area (Å²) in [6.07, 6.45) is 1.66. The molecule has 2 rings (SSSR count). The van der Waals surface area contributed by atoms with E-state index in [9.17, 15) is 8.42 Å². The summed E-state index contributed by atoms with van der Waals surface area (Å²) in [4.78, 5) is 0.194. The first kappa shape index (κ1) is 18.7. The van der Waals surface area contributed by atoms with Gasteiger partial charge in [0.2, 0.25) is 10.0 Å². The molecule has 1 aromatic rings. The van der Waals surface area contributed by atoms with Gasteiger partial charge in [0.15, 0.2) is 0 Å². The molecule has 0 spiro atoms. The van der Waals surface area contributed by atoms with E-state index in [4.69, 9.17) is 17.3 Å². The number of rotatable bonds is 3. The van der Waals surface area contributed by atoms with Gasteiger partial charge >= 0.3 is 0 Å². The Balaban J connectivity index is 0.00000220. The zero-order valence-corrected chi connectivity index (χ0v) is 14.6. The summed E-state index contributed by atoms with van der Waals surface area (Å²) < 4.78 is 26.9. The third kappa shape index (κ3) is 4.11. The van der Waals surface area contributed by atoms with E-state index in [-0.39, 0.29) is 34.3 Å². The van der Waals surface area contributed by atoms with Gasteiger partial charge in [0.05, 0.1) is 5.02 Å². The lowest BCUT2D eigenvalue weighted by atomic mass is 10.0. The van der Waals surface area contributed by atoms with E-state index < -0.39 is 10.0 Å². The van der Waals surface area contributed by atoms with Gasteiger partial charge in [-0.25, -0.2) is 8.42 Å². The van der Waals surface area contributed by atoms with Crippen LogP contribution in [0.15, 0.2) is 23.1 Å². The molecule has 7 heteroatoms. The van der Waals surface area contributed by atoms with Crippen molar-refractivity contribution in [2.45, 2.75) is 43.5 Å². The topological polar surface area (TPSA) is 63.4 Å². The van der Waals surface area contributed by atoms with Crippen molar-refractivity contribution in [1.82, 2.24) is 4.31 Å². The minimum Gasteiger partial charge on any atom is -0.327 e. The Labute approximate surface area is 138 Å². The number of nitrogens with zero attached hydrogens (tertiary/aromatic N) is 1. The second kappa shape index (κ2) is 7.29. The quantitative estimate of drug-likeness (QED) is 0.909. The predicted molar refractivity (Wildman–Crippen MR) is 88.8 cm³/mol. The van der Waals surface area contributed by atoms with E-state index in [1.807, 2.05) is 19.9 Å². The third-order valence-electron chi connectivity index (χ3n) is 3.66. The molecule has 0 amide bonds. The van der Waals surface area contributed by atoms with Gasteiger partial charge < -0.3 is 5.73 Å². The number of benzene rings is 1. The molecule has 1 fully saturated rings. The van der Waals surface area contributed by atoms with E-state index in [0.717, 1.165) is 18.4 Å². The van der Waals surface area contributed by atoms with E-state index in [1.54, 1.807) is 12.1 Å². The molecule has 1 aromatic carbocycles. The summed E-state index contributed by atoms with van der Waals surface area (Å²) >= 11 is 6.10. The molecule has 1 heterocycles. The highest BCUT2D eigenvalue weighted by molar-refractivity contribution is 7.89. The normalized spacial score (nSPS) is 20.3. The Morgan fingerprint density at radius 1 is 1.38 bits per heavy atom. The van der Waals surface area contributed by atoms with Crippen molar-refractivity contribution in [3.05, 3.63) is 28.8 Å². The lowest BCUT2D eigenvalue weighted by molar-refractivity contribution is 0.316. The van der Waals surface area contributed by atoms with Gasteiger partial charge in [-0.2, -0.15) is 4.31 Å². The molecule has 1 atom stereocenters. The maximum Gasteiger partial charge on any atom is 0.244 e. The molecular formula is C14H22Cl2N2O2S. The van der Waals surface area contributed by atoms with Crippen molar-refractivity contribution in [3.63, 3.8) is 0 Å². The van der Waals surface area contributed by atoms with Crippen molar-refractivity contribution in [2.75, 3.05) is 13.1 Å². The second-order valence-electron chi connectivity index (χ2n) is 5.61. The minimum absolute atomic E-state index is 0. The maximum absolute atomic E-state index is 12.7. The molecule has 120 valence electrons. The SMILES string of the molecule is CC(C)c1ccc(Cl)c(S(=O)(=O)N2CCC[C@@H](N)C2)c1.Cl. The molecule has 2 N–H and O–H groups in total. The van der Waals surface area contributed by atoms with Gasteiger partial charge in [0, 0.05) is 19.1 Å². The zero-order valence-electron chi connectivity index (χ0n) is 12.3. The first-order valence-electron chi connectivity index (χ1n) is 6.87. The molecule has 1 aliphatic heterocycles. The van der Waals surface area contributed by atoms with Gasteiger partial charge in [0.1, 0.15) is 4.90 Å². The van der Waals surface area contributed by atoms with Gasteiger partial charge in [-0.05, 0) is 36.5 Å². The molecule has 0 radical (unpaired) electrons. The summed E-state index contributed by atoms with van der Waals surface area (Å²) in [6.45, 7) is 4.93. The average Bonchev–Trinajstić information content (AvgIpc) is 2.38. The highest BCUT2D eigenvalue weighted by Crippen LogP contribution is 2.29. The number of piperidine rings is 1. The molecule has 0 aliphatic carbocycles. The average molecular weight is 353 g/mol. The summed E-state index contributed by atoms with van der Waals surface area (Å²) in [6, 6.07) is 5.12. The van der Waals surface area contributed by atoms with E-state index in [1.165, 1.54) is 4.31 Å². The van der Waals surface area contributed by atoms with Gasteiger partial charge in [-0.15, -0.1) is 12.4 Å². The number of sulfonamides is 1. The predicted octanol–water partition coefficient (Wildman–Crippen LogP) is 3.00. The lowest BCUT2D eigenvalue weighted by Crippen LogP contribution is -2.45. The van der Waals surface area contributed by atoms with Crippen LogP contribution >= 0.6 is 24.0 Å². The monoisotopic (exact) mass is 352 g/mol. The Bertz CT molecular complexity index is 591. The molecule has 0 saturated carbocycles. The summed E-state index contributed by atoms with van der Waals surface area (Å²) in [5, 5.41) is 0.272. The van der Waals surface area contributed by atoms with Crippen LogP contribution in [0.4, 0.5) is 0 Å². The molecule has 1 saturated heterocycles. The Kier molecular flexibility index (Phi) is 6.50. The second-order valence-corrected chi connectivity index (χ2v) is 7.92. The van der Waals surface area contributed by atoms with E-state index >= 15 is 0 Å². The summed E-state index contributed by atoms with van der Waals surface area (Å²) in [7, 11) is -3.56. The molecule has 1 aliphatic rings. The fraction of sp³-hybridized carbons (Fsp3) is 0.571. The molecular weight excluding hydrogens is 331 g/mol. The highest BCUT2D eigenvalue weighted by Gasteiger charge is 2.30. The van der Waals surface area contributed by atoms with E-state index in [0.29, 0.717) is 13.1 Å². The molecule has 0 unspecified atom stereocenters. The van der Waals surface area contributed by atoms with Crippen LogP contribution in [-0.4, -0.2) is 31.9 Å². The van der Waals surface area contributed by atoms with Crippen LogP contribution in [0.2, 0.25) is 5.02 Å². The smallest absolute Gasteiger partial charge is 0.244 e. The van der Waals surface area contributed by atoms with Crippen LogP contribution in [0, 0.1) is 0 Å². The van der Waals surface area contributed by atoms with Crippen LogP contribution in [0.25, 0.3) is 0 Å². The van der Waals surface area contributed by atoms with Crippen molar-refractivity contribution in [2.24, 2.45) is 5.73 Å². The number of nitrogens with two attached hydrogens (primary N) is 1. The van der Waals surface area contributed by atoms with Crippen LogP contribution in [-0.2, 0) is 10.0 Å². The van der Waals surface area contributed by atoms with Crippen molar-refractivity contribution in [3.8, 4) is 0 Å². The molecule has 21 heavy (non-hydrogen) atoms. The maximum atomic E-state index is 12.7. The minimum atomic E-state index is -3.56. The Morgan fingerprint density at radius 3 is 2.62 bits per heavy atom. The van der Waals surface area contributed by atoms with Crippen LogP contribution in [0.1, 0.15) is 38.2 Å². The van der Waals surface area contributed by atoms with Gasteiger partial charge in [0.25, 0.3) is 0 Å². The van der Waals surface area contributed by atoms with Crippen LogP contribution < -0.4 is 5.73 Å². The van der Waals surface area contributed by atoms with Crippen LogP contribution in [0.3, 0.4) is 0 Å². The zero-order chi connectivity index (χ0) is 14.9. The third-order valence-corrected chi connectivity index (χ3v) is 6.01. The molecule has 0 bridgehead atoms. The first-order valence-corrected chi connectivity index (χ1v) is 8.69.